The van der Waals surface area contributed by atoms with Gasteiger partial charge in [0.2, 0.25) is 0 Å². The van der Waals surface area contributed by atoms with Gasteiger partial charge >= 0.3 is 0 Å². The van der Waals surface area contributed by atoms with Crippen LogP contribution in [0, 0.1) is 0 Å². The highest BCUT2D eigenvalue weighted by Gasteiger charge is 2.44. The summed E-state index contributed by atoms with van der Waals surface area (Å²) in [4.78, 5) is 4.80. The number of benzene rings is 15. The number of para-hydroxylation sites is 4. The lowest BCUT2D eigenvalue weighted by atomic mass is 9.33. The number of fused-ring (bicyclic) bond motifs is 10. The van der Waals surface area contributed by atoms with Crippen LogP contribution in [0.1, 0.15) is 118 Å². The van der Waals surface area contributed by atoms with E-state index in [2.05, 4.69) is 239 Å². The Kier molecular flexibility index (Phi) is 14.1. The fourth-order valence-corrected chi connectivity index (χ4v) is 17.5. The van der Waals surface area contributed by atoms with E-state index < -0.39 is 109 Å². The zero-order valence-corrected chi connectivity index (χ0v) is 63.9. The summed E-state index contributed by atoms with van der Waals surface area (Å²) in [5, 5.41) is -0.138. The first-order chi connectivity index (χ1) is 61.5. The number of anilines is 4. The Hall–Kier alpha value is -12.4. The lowest BCUT2D eigenvalue weighted by molar-refractivity contribution is 0.589. The Balaban J connectivity index is 0.823. The van der Waals surface area contributed by atoms with Crippen molar-refractivity contribution >= 4 is 89.5 Å². The van der Waals surface area contributed by atoms with Crippen molar-refractivity contribution in [3.05, 3.63) is 368 Å². The van der Waals surface area contributed by atoms with E-state index in [1.165, 1.54) is 27.8 Å². The second kappa shape index (κ2) is 29.1. The van der Waals surface area contributed by atoms with Gasteiger partial charge in [-0.1, -0.05) is 321 Å². The summed E-state index contributed by atoms with van der Waals surface area (Å²) in [7, 11) is 0. The normalized spacial score (nSPS) is 14.6. The Morgan fingerprint density at radius 3 is 1.04 bits per heavy atom. The van der Waals surface area contributed by atoms with Crippen LogP contribution in [-0.4, -0.2) is 28.9 Å². The second-order valence-corrected chi connectivity index (χ2v) is 32.0. The Morgan fingerprint density at radius 2 is 0.625 bits per heavy atom. The predicted octanol–water partition coefficient (Wildman–Crippen LogP) is 26.3. The van der Waals surface area contributed by atoms with E-state index in [1.807, 2.05) is 60.7 Å². The first kappa shape index (κ1) is 54.2. The Labute approximate surface area is 683 Å². The van der Waals surface area contributed by atoms with Crippen LogP contribution in [0.4, 0.5) is 22.7 Å². The van der Waals surface area contributed by atoms with Crippen LogP contribution in [0.3, 0.4) is 0 Å². The van der Waals surface area contributed by atoms with Crippen LogP contribution in [0.15, 0.2) is 345 Å². The van der Waals surface area contributed by atoms with E-state index in [9.17, 15) is 16.4 Å². The molecule has 5 heteroatoms. The lowest BCUT2D eigenvalue weighted by Gasteiger charge is -2.45. The van der Waals surface area contributed by atoms with E-state index in [1.54, 1.807) is 9.13 Å². The molecule has 0 aliphatic carbocycles. The molecule has 0 spiro atoms. The molecule has 4 nitrogen and oxygen atoms in total. The van der Waals surface area contributed by atoms with Crippen LogP contribution in [-0.2, 0) is 23.7 Å². The van der Waals surface area contributed by atoms with E-state index >= 15 is 0 Å². The molecule has 19 rings (SSSR count). The molecule has 544 valence electrons. The molecule has 0 fully saturated rings. The number of hydrogen-bond acceptors (Lipinski definition) is 2. The first-order valence-electron chi connectivity index (χ1n) is 47.3. The van der Waals surface area contributed by atoms with E-state index in [0.717, 1.165) is 120 Å². The van der Waals surface area contributed by atoms with Gasteiger partial charge in [0.05, 0.1) is 44.0 Å². The molecule has 0 atom stereocenters. The van der Waals surface area contributed by atoms with Crippen molar-refractivity contribution in [1.82, 2.24) is 9.13 Å². The van der Waals surface area contributed by atoms with Crippen LogP contribution < -0.4 is 26.2 Å². The van der Waals surface area contributed by atoms with Crippen molar-refractivity contribution in [3.8, 4) is 78.1 Å². The van der Waals surface area contributed by atoms with Crippen LogP contribution in [0.5, 0.6) is 0 Å². The number of aromatic nitrogens is 2. The summed E-state index contributed by atoms with van der Waals surface area (Å²) in [5.74, 6) is 0. The third-order valence-electron chi connectivity index (χ3n) is 23.1. The van der Waals surface area contributed by atoms with Gasteiger partial charge in [-0.15, -0.1) is 0 Å². The first-order valence-corrected chi connectivity index (χ1v) is 39.3. The minimum Gasteiger partial charge on any atom is -0.342 e. The minimum atomic E-state index is -0.578. The summed E-state index contributed by atoms with van der Waals surface area (Å²) in [6.45, 7) is 13.8. The van der Waals surface area contributed by atoms with Gasteiger partial charge in [-0.05, 0) is 227 Å². The van der Waals surface area contributed by atoms with Crippen molar-refractivity contribution in [2.75, 3.05) is 22.9 Å². The number of hydrogen-bond donors (Lipinski definition) is 0. The maximum atomic E-state index is 9.78. The highest BCUT2D eigenvalue weighted by molar-refractivity contribution is 7.00. The fraction of sp³-hybridized carbons (Fsp3) is 0.159. The maximum absolute atomic E-state index is 9.78. The smallest absolute Gasteiger partial charge is 0.252 e. The van der Waals surface area contributed by atoms with Crippen molar-refractivity contribution in [2.45, 2.75) is 97.3 Å². The van der Waals surface area contributed by atoms with Gasteiger partial charge < -0.3 is 18.9 Å². The molecule has 0 radical (unpaired) electrons. The third-order valence-corrected chi connectivity index (χ3v) is 23.1. The number of rotatable bonds is 19. The van der Waals surface area contributed by atoms with E-state index in [-0.39, 0.29) is 49.0 Å². The van der Waals surface area contributed by atoms with Gasteiger partial charge in [0, 0.05) is 68.8 Å². The molecule has 4 heterocycles. The standard InChI is InChI=1S/C107H93BN4/c1-106(2,3)81-67-93(79-45-32-43-77(65-79)73-35-12-7-13-36-73)88(94(68-81)80-46-33-44-78(66-80)74-37-14-8-15-38-74)48-29-31-64-110-102-72-84(112-99-57-27-23-51-91(99)92-52-24-28-58-100(92)112)60-62-96(102)108-95-61-59-83(111-97-55-25-21-49-89(97)90-50-22-26-56-98(90)111)71-101(95)109(103-69-82(107(4,5)6)70-104(110)105(103)108)63-30-11-20-47-87-85(75-39-16-9-17-40-75)53-34-54-86(87)76-41-18-10-19-42-76/h7-10,12-19,21-28,32-46,49-62,65-72H,11,20,29-31,47-48,63-64H2,1-6H3/i21D,22D,23D,24D,25D,26D,27D,28D,49D,50D,51D,52D,55D,56D,57D,58D. The molecular weight excluding hydrogens is 1350 g/mol. The maximum Gasteiger partial charge on any atom is 0.252 e. The molecule has 0 amide bonds. The van der Waals surface area contributed by atoms with Gasteiger partial charge in [0.25, 0.3) is 6.71 Å². The topological polar surface area (TPSA) is 16.3 Å². The van der Waals surface area contributed by atoms with Crippen molar-refractivity contribution < 1.29 is 21.9 Å². The summed E-state index contributed by atoms with van der Waals surface area (Å²) >= 11 is 0. The van der Waals surface area contributed by atoms with Crippen molar-refractivity contribution in [3.63, 3.8) is 0 Å². The molecule has 17 aromatic rings. The molecule has 15 aromatic carbocycles. The van der Waals surface area contributed by atoms with Gasteiger partial charge in [0.15, 0.2) is 0 Å². The molecule has 2 aromatic heterocycles. The zero-order chi connectivity index (χ0) is 89.5. The van der Waals surface area contributed by atoms with Crippen LogP contribution >= 0.6 is 0 Å². The molecule has 0 unspecified atom stereocenters. The molecule has 0 saturated heterocycles. The van der Waals surface area contributed by atoms with Gasteiger partial charge in [-0.2, -0.15) is 0 Å². The third kappa shape index (κ3) is 12.8. The van der Waals surface area contributed by atoms with Gasteiger partial charge in [-0.3, -0.25) is 0 Å². The lowest BCUT2D eigenvalue weighted by Crippen LogP contribution is -2.62. The number of unbranched alkanes of at least 4 members (excludes halogenated alkanes) is 3. The summed E-state index contributed by atoms with van der Waals surface area (Å²) in [6, 6.07) is 80.0. The van der Waals surface area contributed by atoms with Gasteiger partial charge in [-0.25, -0.2) is 0 Å². The molecule has 0 N–H and O–H groups in total. The van der Waals surface area contributed by atoms with Crippen LogP contribution in [0.25, 0.3) is 122 Å². The fourth-order valence-electron chi connectivity index (χ4n) is 17.5. The zero-order valence-electron chi connectivity index (χ0n) is 79.9. The summed E-state index contributed by atoms with van der Waals surface area (Å²) in [6.07, 6.45) is 5.09. The predicted molar refractivity (Wildman–Crippen MR) is 480 cm³/mol. The van der Waals surface area contributed by atoms with Crippen molar-refractivity contribution in [2.24, 2.45) is 0 Å². The molecule has 2 aliphatic heterocycles. The summed E-state index contributed by atoms with van der Waals surface area (Å²) < 4.78 is 153. The quantitative estimate of drug-likeness (QED) is 0.0593. The Bertz CT molecular complexity index is 7090. The molecule has 0 bridgehead atoms. The SMILES string of the molecule is [2H]c1c([2H])c([2H])c2c(c1[2H])c1c([2H])c([2H])c([2H])c([2H])c1n2-c1ccc2c(c1)N(CCCCCc1c(-c3ccccc3)cccc1-c1ccccc1)c1cc(C(C)(C)C)cc3c1B2c1ccc(-n2c4c([2H])c([2H])c([2H])c([2H])c4c4c([2H])c([2H])c([2H])c([2H])c42)cc1N3CCCCc1c(-c2cccc(-c3ccccc3)c2)cc(C(C)(C)C)cc1-c1cccc(-c2ccccc2)c1. The second-order valence-electron chi connectivity index (χ2n) is 32.0. The number of nitrogens with zero attached hydrogens (tertiary/aromatic N) is 4. The highest BCUT2D eigenvalue weighted by Crippen LogP contribution is 2.47. The molecule has 112 heavy (non-hydrogen) atoms. The van der Waals surface area contributed by atoms with Crippen LogP contribution in [0.2, 0.25) is 0 Å². The molecule has 2 aliphatic rings. The van der Waals surface area contributed by atoms with Crippen molar-refractivity contribution in [1.29, 1.82) is 0 Å². The van der Waals surface area contributed by atoms with Gasteiger partial charge in [0.1, 0.15) is 0 Å². The monoisotopic (exact) mass is 1460 g/mol. The molecular formula is C107H93BN4. The Morgan fingerprint density at radius 1 is 0.286 bits per heavy atom. The van der Waals surface area contributed by atoms with E-state index in [4.69, 9.17) is 5.48 Å². The average molecular weight is 1460 g/mol. The average Bonchev–Trinajstić information content (AvgIpc) is 1.60. The molecule has 0 saturated carbocycles. The summed E-state index contributed by atoms with van der Waals surface area (Å²) in [5.41, 5.74) is 24.3. The highest BCUT2D eigenvalue weighted by atomic mass is 15.2. The largest absolute Gasteiger partial charge is 0.342 e. The minimum absolute atomic E-state index is 0.00136. The van der Waals surface area contributed by atoms with E-state index in [0.29, 0.717) is 50.1 Å².